The Kier molecular flexibility index (Phi) is 2.06. The molecule has 1 aromatic rings. The van der Waals surface area contributed by atoms with Crippen LogP contribution in [0.5, 0.6) is 0 Å². The molecular formula is C9H8N2O3. The maximum atomic E-state index is 11.2. The number of rotatable bonds is 1. The van der Waals surface area contributed by atoms with Gasteiger partial charge in [0.15, 0.2) is 0 Å². The second-order valence-corrected chi connectivity index (χ2v) is 2.80. The summed E-state index contributed by atoms with van der Waals surface area (Å²) >= 11 is 0. The first-order valence-corrected chi connectivity index (χ1v) is 4.09. The van der Waals surface area contributed by atoms with Crippen molar-refractivity contribution in [2.24, 2.45) is 0 Å². The smallest absolute Gasteiger partial charge is 0.268 e. The van der Waals surface area contributed by atoms with E-state index in [9.17, 15) is 9.59 Å². The first-order valence-electron chi connectivity index (χ1n) is 4.09. The average Bonchev–Trinajstić information content (AvgIpc) is 2.64. The molecule has 1 fully saturated rings. The molecule has 1 aliphatic rings. The van der Waals surface area contributed by atoms with Gasteiger partial charge in [-0.05, 0) is 12.1 Å². The standard InChI is InChI=1S/C9H8N2O3/c12-8-5-10-9(13)7(11-8)4-6-2-1-3-14-6/h1-4H,5H2,(H,10,13)(H,11,12)/b7-4+. The van der Waals surface area contributed by atoms with Crippen molar-refractivity contribution < 1.29 is 14.0 Å². The molecule has 0 aliphatic carbocycles. The first kappa shape index (κ1) is 8.55. The minimum absolute atomic E-state index is 0.0222. The van der Waals surface area contributed by atoms with Gasteiger partial charge in [0.1, 0.15) is 11.5 Å². The van der Waals surface area contributed by atoms with E-state index in [1.54, 1.807) is 12.1 Å². The molecule has 0 atom stereocenters. The SMILES string of the molecule is O=C1CNC(=O)/C(=C\c2ccco2)N1. The van der Waals surface area contributed by atoms with Crippen LogP contribution in [0.1, 0.15) is 5.76 Å². The van der Waals surface area contributed by atoms with Gasteiger partial charge in [0.2, 0.25) is 5.91 Å². The molecule has 14 heavy (non-hydrogen) atoms. The third-order valence-electron chi connectivity index (χ3n) is 1.76. The van der Waals surface area contributed by atoms with Crippen LogP contribution >= 0.6 is 0 Å². The molecule has 0 bridgehead atoms. The molecule has 0 unspecified atom stereocenters. The molecule has 2 heterocycles. The highest BCUT2D eigenvalue weighted by Crippen LogP contribution is 2.06. The van der Waals surface area contributed by atoms with Gasteiger partial charge in [-0.3, -0.25) is 9.59 Å². The summed E-state index contributed by atoms with van der Waals surface area (Å²) in [5.74, 6) is -0.0132. The van der Waals surface area contributed by atoms with Crippen molar-refractivity contribution in [2.75, 3.05) is 6.54 Å². The molecule has 2 amide bonds. The van der Waals surface area contributed by atoms with Crippen LogP contribution in [0.4, 0.5) is 0 Å². The zero-order valence-electron chi connectivity index (χ0n) is 7.24. The van der Waals surface area contributed by atoms with E-state index in [1.807, 2.05) is 0 Å². The Morgan fingerprint density at radius 3 is 3.00 bits per heavy atom. The molecule has 0 aromatic carbocycles. The topological polar surface area (TPSA) is 71.3 Å². The zero-order valence-corrected chi connectivity index (χ0v) is 7.24. The summed E-state index contributed by atoms with van der Waals surface area (Å²) in [5, 5.41) is 4.89. The number of hydrogen-bond donors (Lipinski definition) is 2. The van der Waals surface area contributed by atoms with E-state index in [2.05, 4.69) is 10.6 Å². The van der Waals surface area contributed by atoms with E-state index in [-0.39, 0.29) is 24.1 Å². The fourth-order valence-corrected chi connectivity index (χ4v) is 1.12. The molecule has 0 radical (unpaired) electrons. The Morgan fingerprint density at radius 1 is 1.43 bits per heavy atom. The summed E-state index contributed by atoms with van der Waals surface area (Å²) < 4.78 is 5.01. The number of hydrogen-bond acceptors (Lipinski definition) is 3. The quantitative estimate of drug-likeness (QED) is 0.608. The van der Waals surface area contributed by atoms with Gasteiger partial charge in [-0.1, -0.05) is 0 Å². The summed E-state index contributed by atoms with van der Waals surface area (Å²) in [6, 6.07) is 3.40. The molecule has 1 aliphatic heterocycles. The fraction of sp³-hybridized carbons (Fsp3) is 0.111. The maximum Gasteiger partial charge on any atom is 0.268 e. The summed E-state index contributed by atoms with van der Waals surface area (Å²) in [6.07, 6.45) is 2.97. The molecule has 2 N–H and O–H groups in total. The highest BCUT2D eigenvalue weighted by molar-refractivity contribution is 6.05. The largest absolute Gasteiger partial charge is 0.465 e. The third-order valence-corrected chi connectivity index (χ3v) is 1.76. The first-order chi connectivity index (χ1) is 6.75. The van der Waals surface area contributed by atoms with Crippen LogP contribution in [-0.2, 0) is 9.59 Å². The van der Waals surface area contributed by atoms with Crippen LogP contribution in [0.15, 0.2) is 28.5 Å². The van der Waals surface area contributed by atoms with Gasteiger partial charge < -0.3 is 15.1 Å². The van der Waals surface area contributed by atoms with Crippen molar-refractivity contribution in [3.8, 4) is 0 Å². The Bertz CT molecular complexity index is 392. The second kappa shape index (κ2) is 3.37. The Balaban J connectivity index is 2.23. The molecule has 0 saturated carbocycles. The molecular weight excluding hydrogens is 184 g/mol. The molecule has 1 aromatic heterocycles. The Hall–Kier alpha value is -2.04. The predicted octanol–water partition coefficient (Wildman–Crippen LogP) is -0.133. The number of nitrogens with one attached hydrogen (secondary N) is 2. The van der Waals surface area contributed by atoms with Crippen LogP contribution in [0.2, 0.25) is 0 Å². The van der Waals surface area contributed by atoms with E-state index in [0.29, 0.717) is 5.76 Å². The number of furan rings is 1. The van der Waals surface area contributed by atoms with E-state index in [4.69, 9.17) is 4.42 Å². The van der Waals surface area contributed by atoms with E-state index in [1.165, 1.54) is 12.3 Å². The van der Waals surface area contributed by atoms with Crippen molar-refractivity contribution in [1.82, 2.24) is 10.6 Å². The maximum absolute atomic E-state index is 11.2. The van der Waals surface area contributed by atoms with Gasteiger partial charge in [0.25, 0.3) is 5.91 Å². The van der Waals surface area contributed by atoms with E-state index in [0.717, 1.165) is 0 Å². The van der Waals surface area contributed by atoms with Crippen LogP contribution < -0.4 is 10.6 Å². The van der Waals surface area contributed by atoms with Gasteiger partial charge in [0.05, 0.1) is 12.8 Å². The van der Waals surface area contributed by atoms with E-state index >= 15 is 0 Å². The lowest BCUT2D eigenvalue weighted by Crippen LogP contribution is -2.46. The second-order valence-electron chi connectivity index (χ2n) is 2.80. The van der Waals surface area contributed by atoms with Gasteiger partial charge in [0, 0.05) is 6.08 Å². The van der Waals surface area contributed by atoms with Gasteiger partial charge in [-0.25, -0.2) is 0 Å². The van der Waals surface area contributed by atoms with Crippen LogP contribution in [0.3, 0.4) is 0 Å². The van der Waals surface area contributed by atoms with Crippen LogP contribution in [-0.4, -0.2) is 18.4 Å². The van der Waals surface area contributed by atoms with Crippen molar-refractivity contribution in [2.45, 2.75) is 0 Å². The monoisotopic (exact) mass is 192 g/mol. The summed E-state index contributed by atoms with van der Waals surface area (Å²) in [4.78, 5) is 22.2. The van der Waals surface area contributed by atoms with Crippen LogP contribution in [0.25, 0.3) is 6.08 Å². The highest BCUT2D eigenvalue weighted by atomic mass is 16.3. The van der Waals surface area contributed by atoms with Crippen molar-refractivity contribution >= 4 is 17.9 Å². The van der Waals surface area contributed by atoms with Crippen molar-refractivity contribution in [1.29, 1.82) is 0 Å². The lowest BCUT2D eigenvalue weighted by atomic mass is 10.2. The third kappa shape index (κ3) is 1.66. The van der Waals surface area contributed by atoms with Crippen LogP contribution in [0, 0.1) is 0 Å². The molecule has 1 saturated heterocycles. The number of amides is 2. The molecule has 5 nitrogen and oxygen atoms in total. The number of carbonyl (C=O) groups excluding carboxylic acids is 2. The molecule has 5 heteroatoms. The van der Waals surface area contributed by atoms with Gasteiger partial charge >= 0.3 is 0 Å². The van der Waals surface area contributed by atoms with Gasteiger partial charge in [-0.15, -0.1) is 0 Å². The van der Waals surface area contributed by atoms with Crippen molar-refractivity contribution in [3.63, 3.8) is 0 Å². The highest BCUT2D eigenvalue weighted by Gasteiger charge is 2.19. The molecule has 72 valence electrons. The average molecular weight is 192 g/mol. The zero-order chi connectivity index (χ0) is 9.97. The lowest BCUT2D eigenvalue weighted by Gasteiger charge is -2.15. The minimum Gasteiger partial charge on any atom is -0.465 e. The molecule has 0 spiro atoms. The number of carbonyl (C=O) groups is 2. The van der Waals surface area contributed by atoms with E-state index < -0.39 is 0 Å². The summed E-state index contributed by atoms with van der Waals surface area (Å²) in [6.45, 7) is 0.0222. The number of piperazine rings is 1. The minimum atomic E-state index is -0.305. The predicted molar refractivity (Wildman–Crippen MR) is 47.8 cm³/mol. The van der Waals surface area contributed by atoms with Gasteiger partial charge in [-0.2, -0.15) is 0 Å². The summed E-state index contributed by atoms with van der Waals surface area (Å²) in [7, 11) is 0. The van der Waals surface area contributed by atoms with Crippen molar-refractivity contribution in [3.05, 3.63) is 29.9 Å². The summed E-state index contributed by atoms with van der Waals surface area (Å²) in [5.41, 5.74) is 0.205. The Labute approximate surface area is 79.8 Å². The normalized spacial score (nSPS) is 19.3. The lowest BCUT2D eigenvalue weighted by molar-refractivity contribution is -0.127. The fourth-order valence-electron chi connectivity index (χ4n) is 1.12. The Morgan fingerprint density at radius 2 is 2.29 bits per heavy atom. The molecule has 2 rings (SSSR count).